The molecule has 144 valence electrons. The molecule has 0 aromatic heterocycles. The Balaban J connectivity index is 2.49. The maximum Gasteiger partial charge on any atom is 0.408 e. The van der Waals surface area contributed by atoms with E-state index < -0.39 is 29.6 Å². The lowest BCUT2D eigenvalue weighted by atomic mass is 10.0. The predicted octanol–water partition coefficient (Wildman–Crippen LogP) is 2.40. The van der Waals surface area contributed by atoms with Crippen LogP contribution in [0, 0.1) is 5.92 Å². The summed E-state index contributed by atoms with van der Waals surface area (Å²) in [5.74, 6) is -1.19. The summed E-state index contributed by atoms with van der Waals surface area (Å²) in [5.41, 5.74) is 0.219. The van der Waals surface area contributed by atoms with Gasteiger partial charge in [0.2, 0.25) is 5.91 Å². The van der Waals surface area contributed by atoms with Crippen LogP contribution in [0.5, 0.6) is 0 Å². The first kappa shape index (κ1) is 21.5. The molecule has 0 fully saturated rings. The molecule has 1 atom stereocenters. The lowest BCUT2D eigenvalue weighted by molar-refractivity contribution is -0.154. The summed E-state index contributed by atoms with van der Waals surface area (Å²) >= 11 is 0. The number of ether oxygens (including phenoxy) is 2. The lowest BCUT2D eigenvalue weighted by Gasteiger charge is -2.22. The zero-order chi connectivity index (χ0) is 19.7. The van der Waals surface area contributed by atoms with Gasteiger partial charge in [0, 0.05) is 0 Å². The molecule has 2 amide bonds. The molecule has 1 rings (SSSR count). The maximum atomic E-state index is 12.3. The minimum absolute atomic E-state index is 0.108. The second kappa shape index (κ2) is 9.79. The number of hydrogen-bond acceptors (Lipinski definition) is 5. The average molecular weight is 364 g/mol. The minimum atomic E-state index is -0.819. The molecule has 0 radical (unpaired) electrons. The van der Waals surface area contributed by atoms with Crippen LogP contribution in [0.3, 0.4) is 0 Å². The summed E-state index contributed by atoms with van der Waals surface area (Å²) in [5, 5.41) is 5.01. The van der Waals surface area contributed by atoms with Gasteiger partial charge in [0.25, 0.3) is 0 Å². The number of esters is 1. The van der Waals surface area contributed by atoms with Gasteiger partial charge in [-0.2, -0.15) is 0 Å². The number of amides is 2. The summed E-state index contributed by atoms with van der Waals surface area (Å²) in [7, 11) is 0. The van der Waals surface area contributed by atoms with Crippen molar-refractivity contribution < 1.29 is 23.9 Å². The molecule has 2 N–H and O–H groups in total. The van der Waals surface area contributed by atoms with Gasteiger partial charge in [-0.3, -0.25) is 9.59 Å². The molecule has 0 bridgehead atoms. The first-order chi connectivity index (χ1) is 12.1. The van der Waals surface area contributed by atoms with Gasteiger partial charge in [-0.05, 0) is 32.3 Å². The number of nitrogens with one attached hydrogen (secondary N) is 2. The highest BCUT2D eigenvalue weighted by atomic mass is 16.6. The molecular formula is C19H28N2O5. The van der Waals surface area contributed by atoms with E-state index in [1.165, 1.54) is 0 Å². The van der Waals surface area contributed by atoms with Gasteiger partial charge in [0.05, 0.1) is 0 Å². The molecule has 0 aliphatic rings. The van der Waals surface area contributed by atoms with Gasteiger partial charge in [0.15, 0.2) is 0 Å². The van der Waals surface area contributed by atoms with Crippen LogP contribution in [0.1, 0.15) is 40.2 Å². The fourth-order valence-electron chi connectivity index (χ4n) is 2.07. The lowest BCUT2D eigenvalue weighted by Crippen LogP contribution is -2.51. The van der Waals surface area contributed by atoms with Crippen LogP contribution >= 0.6 is 0 Å². The van der Waals surface area contributed by atoms with Gasteiger partial charge in [-0.25, -0.2) is 4.79 Å². The highest BCUT2D eigenvalue weighted by Gasteiger charge is 2.26. The van der Waals surface area contributed by atoms with Crippen molar-refractivity contribution >= 4 is 18.0 Å². The van der Waals surface area contributed by atoms with E-state index in [4.69, 9.17) is 9.47 Å². The molecule has 0 unspecified atom stereocenters. The number of alkyl carbamates (subject to hydrolysis) is 1. The van der Waals surface area contributed by atoms with E-state index in [1.54, 1.807) is 34.6 Å². The van der Waals surface area contributed by atoms with Gasteiger partial charge >= 0.3 is 12.1 Å². The Morgan fingerprint density at radius 1 is 1.08 bits per heavy atom. The summed E-state index contributed by atoms with van der Waals surface area (Å²) in [6.45, 7) is 8.65. The van der Waals surface area contributed by atoms with Crippen molar-refractivity contribution in [3.05, 3.63) is 35.9 Å². The molecule has 7 heteroatoms. The second-order valence-corrected chi connectivity index (χ2v) is 7.23. The zero-order valence-corrected chi connectivity index (χ0v) is 16.0. The Kier molecular flexibility index (Phi) is 8.09. The summed E-state index contributed by atoms with van der Waals surface area (Å²) in [6.07, 6.45) is -0.694. The van der Waals surface area contributed by atoms with Gasteiger partial charge < -0.3 is 20.1 Å². The monoisotopic (exact) mass is 364 g/mol. The van der Waals surface area contributed by atoms with Crippen molar-refractivity contribution in [1.82, 2.24) is 10.6 Å². The number of hydrogen-bond donors (Lipinski definition) is 2. The number of benzene rings is 1. The molecule has 1 aromatic carbocycles. The standard InChI is InChI=1S/C19H28N2O5/c1-13(2)16(17(23)20-11-15(22)26-19(3,4)5)21-18(24)25-12-14-9-7-6-8-10-14/h6-10,13,16H,11-12H2,1-5H3,(H,20,23)(H,21,24)/t16-/m0/s1. The fraction of sp³-hybridized carbons (Fsp3) is 0.526. The van der Waals surface area contributed by atoms with E-state index in [-0.39, 0.29) is 19.1 Å². The number of carbonyl (C=O) groups excluding carboxylic acids is 3. The van der Waals surface area contributed by atoms with Crippen LogP contribution < -0.4 is 10.6 Å². The predicted molar refractivity (Wildman–Crippen MR) is 97.2 cm³/mol. The molecule has 0 aliphatic heterocycles. The SMILES string of the molecule is CC(C)[C@H](NC(=O)OCc1ccccc1)C(=O)NCC(=O)OC(C)(C)C. The molecule has 7 nitrogen and oxygen atoms in total. The van der Waals surface area contributed by atoms with E-state index in [9.17, 15) is 14.4 Å². The quantitative estimate of drug-likeness (QED) is 0.725. The van der Waals surface area contributed by atoms with Crippen LogP contribution in [0.4, 0.5) is 4.79 Å². The third-order valence-electron chi connectivity index (χ3n) is 3.26. The first-order valence-electron chi connectivity index (χ1n) is 8.55. The molecular weight excluding hydrogens is 336 g/mol. The maximum absolute atomic E-state index is 12.3. The third kappa shape index (κ3) is 8.50. The number of rotatable bonds is 7. The van der Waals surface area contributed by atoms with Crippen LogP contribution in [0.25, 0.3) is 0 Å². The molecule has 0 aliphatic carbocycles. The first-order valence-corrected chi connectivity index (χ1v) is 8.55. The van der Waals surface area contributed by atoms with Crippen LogP contribution in [0.2, 0.25) is 0 Å². The van der Waals surface area contributed by atoms with Crippen molar-refractivity contribution in [2.24, 2.45) is 5.92 Å². The van der Waals surface area contributed by atoms with E-state index in [0.717, 1.165) is 5.56 Å². The normalized spacial score (nSPS) is 12.2. The van der Waals surface area contributed by atoms with Crippen molar-refractivity contribution in [3.8, 4) is 0 Å². The van der Waals surface area contributed by atoms with Crippen LogP contribution in [-0.2, 0) is 25.7 Å². The molecule has 1 aromatic rings. The van der Waals surface area contributed by atoms with Crippen molar-refractivity contribution in [1.29, 1.82) is 0 Å². The Morgan fingerprint density at radius 2 is 1.69 bits per heavy atom. The van der Waals surface area contributed by atoms with Crippen LogP contribution in [-0.4, -0.2) is 36.2 Å². The second-order valence-electron chi connectivity index (χ2n) is 7.23. The van der Waals surface area contributed by atoms with Gasteiger partial charge in [-0.1, -0.05) is 44.2 Å². The van der Waals surface area contributed by atoms with Gasteiger partial charge in [0.1, 0.15) is 24.8 Å². The molecule has 0 spiro atoms. The summed E-state index contributed by atoms with van der Waals surface area (Å²) in [4.78, 5) is 35.9. The zero-order valence-electron chi connectivity index (χ0n) is 16.0. The largest absolute Gasteiger partial charge is 0.459 e. The highest BCUT2D eigenvalue weighted by molar-refractivity contribution is 5.88. The fourth-order valence-corrected chi connectivity index (χ4v) is 2.07. The van der Waals surface area contributed by atoms with Crippen molar-refractivity contribution in [2.45, 2.75) is 52.9 Å². The topological polar surface area (TPSA) is 93.7 Å². The van der Waals surface area contributed by atoms with E-state index in [0.29, 0.717) is 0 Å². The average Bonchev–Trinajstić information content (AvgIpc) is 2.55. The van der Waals surface area contributed by atoms with E-state index in [2.05, 4.69) is 10.6 Å². The summed E-state index contributed by atoms with van der Waals surface area (Å²) < 4.78 is 10.3. The molecule has 26 heavy (non-hydrogen) atoms. The third-order valence-corrected chi connectivity index (χ3v) is 3.26. The van der Waals surface area contributed by atoms with Crippen LogP contribution in [0.15, 0.2) is 30.3 Å². The molecule has 0 saturated carbocycles. The highest BCUT2D eigenvalue weighted by Crippen LogP contribution is 2.07. The van der Waals surface area contributed by atoms with E-state index in [1.807, 2.05) is 30.3 Å². The van der Waals surface area contributed by atoms with E-state index >= 15 is 0 Å². The van der Waals surface area contributed by atoms with Gasteiger partial charge in [-0.15, -0.1) is 0 Å². The molecule has 0 heterocycles. The Morgan fingerprint density at radius 3 is 2.23 bits per heavy atom. The Hall–Kier alpha value is -2.57. The minimum Gasteiger partial charge on any atom is -0.459 e. The number of carbonyl (C=O) groups is 3. The Bertz CT molecular complexity index is 608. The van der Waals surface area contributed by atoms with Crippen molar-refractivity contribution in [2.75, 3.05) is 6.54 Å². The Labute approximate surface area is 154 Å². The van der Waals surface area contributed by atoms with Crippen molar-refractivity contribution in [3.63, 3.8) is 0 Å². The smallest absolute Gasteiger partial charge is 0.408 e. The molecule has 0 saturated heterocycles. The summed E-state index contributed by atoms with van der Waals surface area (Å²) in [6, 6.07) is 8.41.